The molecule has 152 valence electrons. The van der Waals surface area contributed by atoms with Crippen LogP contribution in [-0.2, 0) is 6.54 Å². The molecule has 2 aliphatic rings. The number of allylic oxidation sites excluding steroid dienone is 1. The van der Waals surface area contributed by atoms with Gasteiger partial charge in [-0.15, -0.1) is 0 Å². The highest BCUT2D eigenvalue weighted by Gasteiger charge is 2.31. The molecule has 0 radical (unpaired) electrons. The number of rotatable bonds is 7. The minimum atomic E-state index is -0.202. The van der Waals surface area contributed by atoms with Crippen LogP contribution in [0.15, 0.2) is 36.1 Å². The van der Waals surface area contributed by atoms with Gasteiger partial charge in [-0.2, -0.15) is 0 Å². The average Bonchev–Trinajstić information content (AvgIpc) is 3.29. The second-order valence-electron chi connectivity index (χ2n) is 7.40. The van der Waals surface area contributed by atoms with Gasteiger partial charge in [0.25, 0.3) is 0 Å². The predicted octanol–water partition coefficient (Wildman–Crippen LogP) is 2.31. The highest BCUT2D eigenvalue weighted by molar-refractivity contribution is 6.15. The SMILES string of the molecule is CCC[NH+](CCC)Cc1c([O-])ccc2c1O/C(=C\c1ccc3c(c1)OCO3)C2=O. The highest BCUT2D eigenvalue weighted by atomic mass is 16.7. The zero-order chi connectivity index (χ0) is 20.4. The van der Waals surface area contributed by atoms with Gasteiger partial charge < -0.3 is 24.2 Å². The first-order valence-corrected chi connectivity index (χ1v) is 10.1. The molecule has 1 N–H and O–H groups in total. The normalized spacial score (nSPS) is 15.8. The number of nitrogens with one attached hydrogen (secondary N) is 1. The van der Waals surface area contributed by atoms with E-state index in [2.05, 4.69) is 13.8 Å². The number of ether oxygens (including phenoxy) is 3. The number of hydrogen-bond acceptors (Lipinski definition) is 5. The number of carbonyl (C=O) groups excluding carboxylic acids is 1. The third-order valence-corrected chi connectivity index (χ3v) is 5.23. The van der Waals surface area contributed by atoms with Crippen molar-refractivity contribution in [2.24, 2.45) is 0 Å². The Morgan fingerprint density at radius 2 is 1.83 bits per heavy atom. The molecule has 6 nitrogen and oxygen atoms in total. The van der Waals surface area contributed by atoms with Crippen LogP contribution in [0.5, 0.6) is 23.0 Å². The maximum absolute atomic E-state index is 12.9. The van der Waals surface area contributed by atoms with Crippen molar-refractivity contribution in [2.75, 3.05) is 19.9 Å². The van der Waals surface area contributed by atoms with Crippen molar-refractivity contribution >= 4 is 11.9 Å². The van der Waals surface area contributed by atoms with Crippen LogP contribution >= 0.6 is 0 Å². The van der Waals surface area contributed by atoms with E-state index in [0.717, 1.165) is 31.5 Å². The van der Waals surface area contributed by atoms with Crippen molar-refractivity contribution in [1.29, 1.82) is 0 Å². The number of fused-ring (bicyclic) bond motifs is 2. The molecule has 0 aliphatic carbocycles. The van der Waals surface area contributed by atoms with Crippen molar-refractivity contribution < 1.29 is 29.0 Å². The summed E-state index contributed by atoms with van der Waals surface area (Å²) in [6.45, 7) is 6.98. The zero-order valence-corrected chi connectivity index (χ0v) is 16.7. The van der Waals surface area contributed by atoms with Gasteiger partial charge in [0.05, 0.1) is 18.7 Å². The average molecular weight is 395 g/mol. The molecule has 6 heteroatoms. The molecule has 0 saturated carbocycles. The number of benzene rings is 2. The van der Waals surface area contributed by atoms with E-state index >= 15 is 0 Å². The second kappa shape index (κ2) is 8.17. The third kappa shape index (κ3) is 3.80. The van der Waals surface area contributed by atoms with Gasteiger partial charge in [0.1, 0.15) is 12.3 Å². The first kappa shape index (κ1) is 19.3. The lowest BCUT2D eigenvalue weighted by molar-refractivity contribution is -0.914. The van der Waals surface area contributed by atoms with Gasteiger partial charge in [0, 0.05) is 5.56 Å². The minimum absolute atomic E-state index is 0.0782. The molecule has 29 heavy (non-hydrogen) atoms. The van der Waals surface area contributed by atoms with Crippen molar-refractivity contribution in [3.63, 3.8) is 0 Å². The molecule has 4 rings (SSSR count). The summed E-state index contributed by atoms with van der Waals surface area (Å²) in [6, 6.07) is 8.51. The topological polar surface area (TPSA) is 72.3 Å². The lowest BCUT2D eigenvalue weighted by Gasteiger charge is -2.23. The Morgan fingerprint density at radius 3 is 2.59 bits per heavy atom. The molecule has 0 fully saturated rings. The molecule has 0 atom stereocenters. The molecule has 0 unspecified atom stereocenters. The Balaban J connectivity index is 1.64. The third-order valence-electron chi connectivity index (χ3n) is 5.23. The molecule has 0 saturated heterocycles. The summed E-state index contributed by atoms with van der Waals surface area (Å²) in [5.74, 6) is 1.68. The Morgan fingerprint density at radius 1 is 1.07 bits per heavy atom. The van der Waals surface area contributed by atoms with Crippen LogP contribution in [0.1, 0.15) is 48.2 Å². The second-order valence-corrected chi connectivity index (χ2v) is 7.40. The van der Waals surface area contributed by atoms with Crippen LogP contribution < -0.4 is 24.2 Å². The van der Waals surface area contributed by atoms with Crippen LogP contribution in [0.2, 0.25) is 0 Å². The number of ketones is 1. The Kier molecular flexibility index (Phi) is 5.45. The summed E-state index contributed by atoms with van der Waals surface area (Å²) in [4.78, 5) is 14.2. The smallest absolute Gasteiger partial charge is 0.231 e. The van der Waals surface area contributed by atoms with E-state index < -0.39 is 0 Å². The van der Waals surface area contributed by atoms with Gasteiger partial charge in [-0.25, -0.2) is 0 Å². The van der Waals surface area contributed by atoms with Gasteiger partial charge >= 0.3 is 0 Å². The molecule has 0 aromatic heterocycles. The van der Waals surface area contributed by atoms with Crippen LogP contribution in [0, 0.1) is 0 Å². The lowest BCUT2D eigenvalue weighted by Crippen LogP contribution is -3.10. The Hall–Kier alpha value is -2.99. The fraction of sp³-hybridized carbons (Fsp3) is 0.348. The Bertz CT molecular complexity index is 960. The van der Waals surface area contributed by atoms with Crippen molar-refractivity contribution in [3.8, 4) is 23.0 Å². The monoisotopic (exact) mass is 395 g/mol. The maximum atomic E-state index is 12.9. The van der Waals surface area contributed by atoms with Gasteiger partial charge in [-0.05, 0) is 42.7 Å². The molecule has 0 amide bonds. The summed E-state index contributed by atoms with van der Waals surface area (Å²) in [5, 5.41) is 12.6. The van der Waals surface area contributed by atoms with Crippen LogP contribution in [0.25, 0.3) is 6.08 Å². The predicted molar refractivity (Wildman–Crippen MR) is 106 cm³/mol. The number of carbonyl (C=O) groups is 1. The molecule has 0 spiro atoms. The van der Waals surface area contributed by atoms with Crippen LogP contribution in [0.4, 0.5) is 0 Å². The lowest BCUT2D eigenvalue weighted by atomic mass is 10.0. The van der Waals surface area contributed by atoms with Crippen LogP contribution in [0.3, 0.4) is 0 Å². The fourth-order valence-corrected chi connectivity index (χ4v) is 3.87. The number of hydrogen-bond donors (Lipinski definition) is 1. The fourth-order valence-electron chi connectivity index (χ4n) is 3.87. The van der Waals surface area contributed by atoms with E-state index in [1.807, 2.05) is 12.1 Å². The summed E-state index contributed by atoms with van der Waals surface area (Å²) < 4.78 is 16.7. The largest absolute Gasteiger partial charge is 0.872 e. The molecular formula is C23H25NO5. The van der Waals surface area contributed by atoms with E-state index in [9.17, 15) is 9.90 Å². The highest BCUT2D eigenvalue weighted by Crippen LogP contribution is 2.39. The van der Waals surface area contributed by atoms with E-state index in [1.54, 1.807) is 18.2 Å². The first-order valence-electron chi connectivity index (χ1n) is 10.1. The number of Topliss-reactive ketones (excluding diaryl/α,β-unsaturated/α-hetero) is 1. The maximum Gasteiger partial charge on any atom is 0.231 e. The molecule has 2 aromatic carbocycles. The van der Waals surface area contributed by atoms with E-state index in [-0.39, 0.29) is 24.1 Å². The quantitative estimate of drug-likeness (QED) is 0.729. The summed E-state index contributed by atoms with van der Waals surface area (Å²) in [5.41, 5.74) is 1.82. The summed E-state index contributed by atoms with van der Waals surface area (Å²) in [6.07, 6.45) is 3.75. The van der Waals surface area contributed by atoms with Crippen LogP contribution in [-0.4, -0.2) is 25.7 Å². The van der Waals surface area contributed by atoms with E-state index in [4.69, 9.17) is 14.2 Å². The standard InChI is InChI=1S/C23H25NO5/c1-3-9-24(10-4-2)13-17-18(25)7-6-16-22(26)21(29-23(16)17)12-15-5-8-19-20(11-15)28-14-27-19/h5-8,11-12,25H,3-4,9-10,13-14H2,1-2H3/b21-12-. The van der Waals surface area contributed by atoms with E-state index in [1.165, 1.54) is 11.0 Å². The summed E-state index contributed by atoms with van der Waals surface area (Å²) >= 11 is 0. The van der Waals surface area contributed by atoms with Crippen molar-refractivity contribution in [3.05, 3.63) is 52.8 Å². The molecule has 0 bridgehead atoms. The van der Waals surface area contributed by atoms with Crippen molar-refractivity contribution in [2.45, 2.75) is 33.2 Å². The molecule has 2 heterocycles. The van der Waals surface area contributed by atoms with Crippen molar-refractivity contribution in [1.82, 2.24) is 0 Å². The van der Waals surface area contributed by atoms with E-state index in [0.29, 0.717) is 34.9 Å². The molecule has 2 aliphatic heterocycles. The van der Waals surface area contributed by atoms with Gasteiger partial charge in [0.2, 0.25) is 12.6 Å². The first-order chi connectivity index (χ1) is 14.1. The Labute approximate surface area is 170 Å². The van der Waals surface area contributed by atoms with Gasteiger partial charge in [-0.1, -0.05) is 31.7 Å². The summed E-state index contributed by atoms with van der Waals surface area (Å²) in [7, 11) is 0. The molecular weight excluding hydrogens is 370 g/mol. The number of quaternary nitrogens is 1. The molecule has 2 aromatic rings. The van der Waals surface area contributed by atoms with Gasteiger partial charge in [0.15, 0.2) is 17.3 Å². The minimum Gasteiger partial charge on any atom is -0.872 e. The van der Waals surface area contributed by atoms with Gasteiger partial charge in [-0.3, -0.25) is 4.79 Å². The zero-order valence-electron chi connectivity index (χ0n) is 16.7.